The zero-order chi connectivity index (χ0) is 22.2. The van der Waals surface area contributed by atoms with Crippen LogP contribution in [0.15, 0.2) is 60.7 Å². The molecule has 3 rings (SSSR count). The molecule has 5 atom stereocenters. The smallest absolute Gasteiger partial charge is 0.305 e. The molecule has 0 spiro atoms. The van der Waals surface area contributed by atoms with Crippen LogP contribution >= 0.6 is 0 Å². The van der Waals surface area contributed by atoms with Gasteiger partial charge in [0, 0.05) is 13.8 Å². The van der Waals surface area contributed by atoms with Gasteiger partial charge in [-0.3, -0.25) is 9.59 Å². The Morgan fingerprint density at radius 1 is 0.867 bits per heavy atom. The van der Waals surface area contributed by atoms with E-state index in [1.165, 1.54) is 13.8 Å². The highest BCUT2D eigenvalue weighted by Crippen LogP contribution is 2.29. The maximum Gasteiger partial charge on any atom is 0.305 e. The summed E-state index contributed by atoms with van der Waals surface area (Å²) in [5, 5.41) is 0. The van der Waals surface area contributed by atoms with Gasteiger partial charge in [0.25, 0.3) is 0 Å². The fourth-order valence-electron chi connectivity index (χ4n) is 3.10. The van der Waals surface area contributed by atoms with E-state index < -0.39 is 43.1 Å². The molecule has 1 unspecified atom stereocenters. The number of rotatable bonds is 9. The summed E-state index contributed by atoms with van der Waals surface area (Å²) >= 11 is 0. The van der Waals surface area contributed by atoms with Crippen LogP contribution in [0.5, 0.6) is 0 Å². The predicted octanol–water partition coefficient (Wildman–Crippen LogP) is 3.01. The van der Waals surface area contributed by atoms with Gasteiger partial charge in [-0.05, 0) is 11.1 Å². The molecule has 0 aliphatic carbocycles. The molecule has 0 amide bonds. The third kappa shape index (κ3) is 6.38. The molecule has 1 aliphatic heterocycles. The summed E-state index contributed by atoms with van der Waals surface area (Å²) in [6.07, 6.45) is -4.03. The van der Waals surface area contributed by atoms with Crippen LogP contribution in [-0.4, -0.2) is 43.1 Å². The lowest BCUT2D eigenvalue weighted by Gasteiger charge is -2.23. The SMILES string of the molecule is [2H][13C@H](OCc1ccccc1)[13C@H]1O[13CH](OC(C)=O)[13C@H](OC(C)=O)[13C@@H]1OCc1ccccc1. The average molecular weight is 420 g/mol. The Labute approximate surface area is 177 Å². The summed E-state index contributed by atoms with van der Waals surface area (Å²) in [4.78, 5) is 23.2. The van der Waals surface area contributed by atoms with Crippen molar-refractivity contribution in [3.63, 3.8) is 0 Å². The van der Waals surface area contributed by atoms with Crippen LogP contribution in [0.3, 0.4) is 0 Å². The lowest BCUT2D eigenvalue weighted by molar-refractivity contribution is -0.197. The molecule has 1 fully saturated rings. The topological polar surface area (TPSA) is 80.3 Å². The molecular formula is C23H26O7. The maximum absolute atomic E-state index is 11.7. The van der Waals surface area contributed by atoms with E-state index in [4.69, 9.17) is 25.1 Å². The third-order valence-corrected chi connectivity index (χ3v) is 4.40. The molecule has 1 saturated heterocycles. The van der Waals surface area contributed by atoms with Crippen LogP contribution in [0.25, 0.3) is 0 Å². The van der Waals surface area contributed by atoms with Gasteiger partial charge in [-0.15, -0.1) is 0 Å². The standard InChI is InChI=1S/C23H26O7/c1-16(24)28-22-21(27-14-19-11-7-4-8-12-19)20(30-23(22)29-17(2)25)15-26-13-18-9-5-3-6-10-18/h3-12,20-23H,13-15H2,1-2H3/t20-,21-,22-,23?/m1/s1/i15+1D,20+1,21+1,22+1,23+1/t15-,20+,21+,22+,23?/m0. The number of carbonyl (C=O) groups is 2. The zero-order valence-corrected chi connectivity index (χ0v) is 16.9. The lowest BCUT2D eigenvalue weighted by Crippen LogP contribution is -2.41. The second-order valence-corrected chi connectivity index (χ2v) is 6.85. The molecule has 1 aliphatic rings. The summed E-state index contributed by atoms with van der Waals surface area (Å²) in [6.45, 7) is 1.69. The van der Waals surface area contributed by atoms with E-state index in [2.05, 4.69) is 0 Å². The largest absolute Gasteiger partial charge is 0.453 e. The van der Waals surface area contributed by atoms with Crippen molar-refractivity contribution < 1.29 is 34.6 Å². The fourth-order valence-corrected chi connectivity index (χ4v) is 3.10. The Morgan fingerprint density at radius 2 is 1.43 bits per heavy atom. The highest BCUT2D eigenvalue weighted by molar-refractivity contribution is 5.67. The van der Waals surface area contributed by atoms with Gasteiger partial charge in [0.1, 0.15) is 12.2 Å². The van der Waals surface area contributed by atoms with Gasteiger partial charge in [-0.2, -0.15) is 0 Å². The first kappa shape index (κ1) is 20.5. The monoisotopic (exact) mass is 420 g/mol. The van der Waals surface area contributed by atoms with E-state index >= 15 is 0 Å². The van der Waals surface area contributed by atoms with Crippen molar-refractivity contribution in [1.82, 2.24) is 0 Å². The summed E-state index contributed by atoms with van der Waals surface area (Å²) in [5.74, 6) is -1.18. The number of benzene rings is 2. The number of hydrogen-bond donors (Lipinski definition) is 0. The molecule has 7 nitrogen and oxygen atoms in total. The van der Waals surface area contributed by atoms with E-state index in [0.717, 1.165) is 11.1 Å². The van der Waals surface area contributed by atoms with Gasteiger partial charge in [0.2, 0.25) is 6.29 Å². The molecular weight excluding hydrogens is 393 g/mol. The summed E-state index contributed by atoms with van der Waals surface area (Å²) in [6, 6.07) is 18.8. The van der Waals surface area contributed by atoms with Gasteiger partial charge >= 0.3 is 11.9 Å². The molecule has 2 aromatic carbocycles. The Morgan fingerprint density at radius 3 is 2.00 bits per heavy atom. The number of hydrogen-bond acceptors (Lipinski definition) is 7. The molecule has 0 bridgehead atoms. The lowest BCUT2D eigenvalue weighted by atomic mass is 10.2. The zero-order valence-electron chi connectivity index (χ0n) is 17.9. The van der Waals surface area contributed by atoms with Crippen molar-refractivity contribution in [3.05, 3.63) is 71.8 Å². The minimum absolute atomic E-state index is 0.191. The average Bonchev–Trinajstić information content (AvgIpc) is 3.08. The van der Waals surface area contributed by atoms with Crippen molar-refractivity contribution >= 4 is 11.9 Å². The van der Waals surface area contributed by atoms with E-state index in [9.17, 15) is 9.59 Å². The predicted molar refractivity (Wildman–Crippen MR) is 107 cm³/mol. The van der Waals surface area contributed by atoms with Gasteiger partial charge in [-0.1, -0.05) is 60.7 Å². The van der Waals surface area contributed by atoms with Gasteiger partial charge in [-0.25, -0.2) is 0 Å². The van der Waals surface area contributed by atoms with Crippen molar-refractivity contribution in [2.45, 2.75) is 51.7 Å². The first-order valence-corrected chi connectivity index (χ1v) is 9.67. The van der Waals surface area contributed by atoms with E-state index in [1.54, 1.807) is 0 Å². The van der Waals surface area contributed by atoms with Gasteiger partial charge in [0.05, 0.1) is 21.2 Å². The first-order chi connectivity index (χ1) is 14.9. The highest BCUT2D eigenvalue weighted by Gasteiger charge is 2.49. The molecule has 30 heavy (non-hydrogen) atoms. The quantitative estimate of drug-likeness (QED) is 0.456. The van der Waals surface area contributed by atoms with E-state index in [0.29, 0.717) is 0 Å². The summed E-state index contributed by atoms with van der Waals surface area (Å²) in [7, 11) is 0. The van der Waals surface area contributed by atoms with Crippen molar-refractivity contribution in [3.8, 4) is 0 Å². The summed E-state index contributed by atoms with van der Waals surface area (Å²) < 4.78 is 36.5. The molecule has 160 valence electrons. The van der Waals surface area contributed by atoms with E-state index in [1.807, 2.05) is 60.7 Å². The summed E-state index contributed by atoms with van der Waals surface area (Å²) in [5.41, 5.74) is 1.79. The van der Waals surface area contributed by atoms with Crippen LogP contribution in [0.1, 0.15) is 26.3 Å². The molecule has 1 heterocycles. The second-order valence-electron chi connectivity index (χ2n) is 6.85. The van der Waals surface area contributed by atoms with Crippen molar-refractivity contribution in [2.75, 3.05) is 6.58 Å². The molecule has 0 radical (unpaired) electrons. The number of carbonyl (C=O) groups excluding carboxylic acids is 2. The van der Waals surface area contributed by atoms with Crippen LogP contribution in [0.4, 0.5) is 0 Å². The van der Waals surface area contributed by atoms with Crippen LogP contribution in [-0.2, 0) is 46.5 Å². The Kier molecular flexibility index (Phi) is 7.44. The molecule has 2 aromatic rings. The van der Waals surface area contributed by atoms with E-state index in [-0.39, 0.29) is 13.2 Å². The minimum atomic E-state index is -1.19. The Hall–Kier alpha value is -2.74. The van der Waals surface area contributed by atoms with Crippen LogP contribution < -0.4 is 0 Å². The second kappa shape index (κ2) is 10.9. The van der Waals surface area contributed by atoms with Crippen molar-refractivity contribution in [2.24, 2.45) is 0 Å². The Balaban J connectivity index is 1.76. The molecule has 0 aromatic heterocycles. The highest BCUT2D eigenvalue weighted by atomic mass is 16.9. The van der Waals surface area contributed by atoms with Crippen LogP contribution in [0.2, 0.25) is 0 Å². The number of ether oxygens (including phenoxy) is 5. The normalized spacial score (nSPS) is 24.7. The molecule has 7 heteroatoms. The molecule has 0 N–H and O–H groups in total. The maximum atomic E-state index is 11.7. The van der Waals surface area contributed by atoms with Crippen LogP contribution in [0, 0.1) is 0 Å². The molecule has 0 saturated carbocycles. The van der Waals surface area contributed by atoms with Gasteiger partial charge < -0.3 is 23.7 Å². The van der Waals surface area contributed by atoms with Crippen molar-refractivity contribution in [1.29, 1.82) is 0 Å². The van der Waals surface area contributed by atoms with Gasteiger partial charge in [0.15, 0.2) is 6.10 Å². The number of esters is 2. The minimum Gasteiger partial charge on any atom is -0.453 e. The first-order valence-electron chi connectivity index (χ1n) is 10.2. The third-order valence-electron chi connectivity index (χ3n) is 4.40. The fraction of sp³-hybridized carbons (Fsp3) is 0.391. The Bertz CT molecular complexity index is 846.